The fourth-order valence-electron chi connectivity index (χ4n) is 4.30. The molecule has 1 unspecified atom stereocenters. The number of hydrogen-bond acceptors (Lipinski definition) is 6. The number of aromatic nitrogens is 4. The highest BCUT2D eigenvalue weighted by molar-refractivity contribution is 7.99. The fraction of sp³-hybridized carbons (Fsp3) is 0.111. The van der Waals surface area contributed by atoms with Crippen LogP contribution in [0.1, 0.15) is 12.5 Å². The molecule has 2 aromatic heterocycles. The molecule has 0 fully saturated rings. The van der Waals surface area contributed by atoms with Crippen molar-refractivity contribution in [2.24, 2.45) is 0 Å². The van der Waals surface area contributed by atoms with Crippen molar-refractivity contribution in [3.8, 4) is 5.69 Å². The van der Waals surface area contributed by atoms with E-state index in [4.69, 9.17) is 0 Å². The molecule has 0 aliphatic carbocycles. The Hall–Kier alpha value is -4.44. The first-order valence-corrected chi connectivity index (χ1v) is 12.6. The molecule has 0 spiro atoms. The lowest BCUT2D eigenvalue weighted by Gasteiger charge is -2.14. The van der Waals surface area contributed by atoms with Crippen LogP contribution in [-0.2, 0) is 4.79 Å². The van der Waals surface area contributed by atoms with Gasteiger partial charge in [0.1, 0.15) is 11.2 Å². The maximum atomic E-state index is 13.3. The molecule has 184 valence electrons. The van der Waals surface area contributed by atoms with E-state index in [9.17, 15) is 14.0 Å². The van der Waals surface area contributed by atoms with Crippen LogP contribution in [0.15, 0.2) is 95.0 Å². The molecule has 1 aliphatic rings. The standard InChI is InChI=1S/C27H21FN6O2S/c28-17-6-12-21(13-7-17)34-25-23(15-29-34)26(36)33-22(16-37-27(33)32-25)14-24(35)31-20-10-8-19(9-11-20)30-18-4-2-1-3-5-18/h1-13,15,22,30H,14,16H2,(H,31,35). The Kier molecular flexibility index (Phi) is 5.93. The Labute approximate surface area is 215 Å². The number of thioether (sulfide) groups is 1. The second kappa shape index (κ2) is 9.55. The molecule has 8 nitrogen and oxygen atoms in total. The zero-order valence-electron chi connectivity index (χ0n) is 19.5. The molecule has 1 atom stereocenters. The third-order valence-corrected chi connectivity index (χ3v) is 7.19. The number of hydrogen-bond donors (Lipinski definition) is 2. The zero-order valence-corrected chi connectivity index (χ0v) is 20.3. The molecular formula is C27H21FN6O2S. The van der Waals surface area contributed by atoms with Gasteiger partial charge in [-0.2, -0.15) is 5.10 Å². The van der Waals surface area contributed by atoms with E-state index in [-0.39, 0.29) is 29.7 Å². The lowest BCUT2D eigenvalue weighted by Crippen LogP contribution is -2.27. The predicted molar refractivity (Wildman–Crippen MR) is 142 cm³/mol. The van der Waals surface area contributed by atoms with Crippen molar-refractivity contribution in [3.05, 3.63) is 101 Å². The maximum absolute atomic E-state index is 13.3. The van der Waals surface area contributed by atoms with Crippen LogP contribution in [0.25, 0.3) is 16.7 Å². The molecule has 3 aromatic carbocycles. The number of para-hydroxylation sites is 1. The van der Waals surface area contributed by atoms with Crippen LogP contribution in [0.5, 0.6) is 0 Å². The van der Waals surface area contributed by atoms with Crippen LogP contribution < -0.4 is 16.2 Å². The number of amides is 1. The third-order valence-electron chi connectivity index (χ3n) is 6.09. The minimum atomic E-state index is -0.356. The number of nitrogens with zero attached hydrogens (tertiary/aromatic N) is 4. The highest BCUT2D eigenvalue weighted by Gasteiger charge is 2.29. The summed E-state index contributed by atoms with van der Waals surface area (Å²) in [5.74, 6) is 0.0217. The molecule has 0 bridgehead atoms. The van der Waals surface area contributed by atoms with Crippen molar-refractivity contribution in [2.45, 2.75) is 17.6 Å². The van der Waals surface area contributed by atoms with Gasteiger partial charge in [0.15, 0.2) is 10.8 Å². The number of halogens is 1. The van der Waals surface area contributed by atoms with E-state index < -0.39 is 0 Å². The van der Waals surface area contributed by atoms with E-state index in [0.29, 0.717) is 33.3 Å². The summed E-state index contributed by atoms with van der Waals surface area (Å²) in [6, 6.07) is 22.8. The number of fused-ring (bicyclic) bond motifs is 2. The van der Waals surface area contributed by atoms with E-state index in [1.165, 1.54) is 34.8 Å². The molecule has 1 amide bonds. The smallest absolute Gasteiger partial charge is 0.265 e. The van der Waals surface area contributed by atoms with Gasteiger partial charge in [0.25, 0.3) is 5.56 Å². The maximum Gasteiger partial charge on any atom is 0.265 e. The molecule has 37 heavy (non-hydrogen) atoms. The fourth-order valence-corrected chi connectivity index (χ4v) is 5.43. The molecule has 1 aliphatic heterocycles. The van der Waals surface area contributed by atoms with Gasteiger partial charge >= 0.3 is 0 Å². The average Bonchev–Trinajstić information content (AvgIpc) is 3.51. The summed E-state index contributed by atoms with van der Waals surface area (Å²) < 4.78 is 16.4. The third kappa shape index (κ3) is 4.58. The van der Waals surface area contributed by atoms with Crippen LogP contribution in [-0.4, -0.2) is 31.0 Å². The first-order chi connectivity index (χ1) is 18.0. The molecular weight excluding hydrogens is 491 g/mol. The van der Waals surface area contributed by atoms with Crippen molar-refractivity contribution < 1.29 is 9.18 Å². The number of anilines is 3. The number of nitrogens with one attached hydrogen (secondary N) is 2. The average molecular weight is 513 g/mol. The summed E-state index contributed by atoms with van der Waals surface area (Å²) in [6.45, 7) is 0. The van der Waals surface area contributed by atoms with Crippen LogP contribution in [0.4, 0.5) is 21.5 Å². The summed E-state index contributed by atoms with van der Waals surface area (Å²) in [5.41, 5.74) is 3.34. The molecule has 0 saturated heterocycles. The Morgan fingerprint density at radius 1 is 0.973 bits per heavy atom. The SMILES string of the molecule is O=C(CC1CSc2nc3c(cnn3-c3ccc(F)cc3)c(=O)n21)Nc1ccc(Nc2ccccc2)cc1. The second-order valence-corrected chi connectivity index (χ2v) is 9.61. The summed E-state index contributed by atoms with van der Waals surface area (Å²) in [7, 11) is 0. The van der Waals surface area contributed by atoms with E-state index >= 15 is 0 Å². The molecule has 10 heteroatoms. The van der Waals surface area contributed by atoms with Gasteiger partial charge in [0, 0.05) is 29.2 Å². The van der Waals surface area contributed by atoms with E-state index in [1.807, 2.05) is 54.6 Å². The lowest BCUT2D eigenvalue weighted by molar-refractivity contribution is -0.116. The molecule has 5 aromatic rings. The van der Waals surface area contributed by atoms with Gasteiger partial charge < -0.3 is 10.6 Å². The van der Waals surface area contributed by atoms with Gasteiger partial charge in [-0.05, 0) is 60.7 Å². The van der Waals surface area contributed by atoms with Crippen molar-refractivity contribution >= 4 is 45.8 Å². The minimum Gasteiger partial charge on any atom is -0.356 e. The van der Waals surface area contributed by atoms with E-state index in [1.54, 1.807) is 16.7 Å². The second-order valence-electron chi connectivity index (χ2n) is 8.63. The summed E-state index contributed by atoms with van der Waals surface area (Å²) >= 11 is 1.43. The zero-order chi connectivity index (χ0) is 25.4. The number of benzene rings is 3. The van der Waals surface area contributed by atoms with Crippen LogP contribution in [0.3, 0.4) is 0 Å². The monoisotopic (exact) mass is 512 g/mol. The largest absolute Gasteiger partial charge is 0.356 e. The summed E-state index contributed by atoms with van der Waals surface area (Å²) in [4.78, 5) is 30.8. The van der Waals surface area contributed by atoms with Gasteiger partial charge in [-0.25, -0.2) is 14.1 Å². The highest BCUT2D eigenvalue weighted by Crippen LogP contribution is 2.33. The quantitative estimate of drug-likeness (QED) is 0.306. The molecule has 6 rings (SSSR count). The normalized spacial score (nSPS) is 14.5. The first kappa shape index (κ1) is 23.0. The Balaban J connectivity index is 1.17. The summed E-state index contributed by atoms with van der Waals surface area (Å²) in [5, 5.41) is 11.4. The molecule has 0 radical (unpaired) electrons. The van der Waals surface area contributed by atoms with Crippen LogP contribution >= 0.6 is 11.8 Å². The lowest BCUT2D eigenvalue weighted by atomic mass is 10.2. The van der Waals surface area contributed by atoms with Crippen molar-refractivity contribution in [3.63, 3.8) is 0 Å². The molecule has 3 heterocycles. The minimum absolute atomic E-state index is 0.142. The Morgan fingerprint density at radius 2 is 1.68 bits per heavy atom. The highest BCUT2D eigenvalue weighted by atomic mass is 32.2. The summed E-state index contributed by atoms with van der Waals surface area (Å²) in [6.07, 6.45) is 1.61. The van der Waals surface area contributed by atoms with Crippen molar-refractivity contribution in [1.29, 1.82) is 0 Å². The Bertz CT molecular complexity index is 1650. The van der Waals surface area contributed by atoms with Crippen LogP contribution in [0.2, 0.25) is 0 Å². The number of carbonyl (C=O) groups excluding carboxylic acids is 1. The van der Waals surface area contributed by atoms with Gasteiger partial charge in [-0.15, -0.1) is 0 Å². The van der Waals surface area contributed by atoms with E-state index in [0.717, 1.165) is 11.4 Å². The van der Waals surface area contributed by atoms with Gasteiger partial charge in [-0.3, -0.25) is 14.2 Å². The molecule has 2 N–H and O–H groups in total. The predicted octanol–water partition coefficient (Wildman–Crippen LogP) is 5.14. The van der Waals surface area contributed by atoms with Crippen molar-refractivity contribution in [1.82, 2.24) is 19.3 Å². The van der Waals surface area contributed by atoms with Crippen molar-refractivity contribution in [2.75, 3.05) is 16.4 Å². The number of carbonyl (C=O) groups is 1. The Morgan fingerprint density at radius 3 is 2.43 bits per heavy atom. The van der Waals surface area contributed by atoms with Gasteiger partial charge in [-0.1, -0.05) is 30.0 Å². The number of rotatable bonds is 6. The molecule has 0 saturated carbocycles. The van der Waals surface area contributed by atoms with Gasteiger partial charge in [0.05, 0.1) is 17.9 Å². The van der Waals surface area contributed by atoms with E-state index in [2.05, 4.69) is 20.7 Å². The first-order valence-electron chi connectivity index (χ1n) is 11.7. The van der Waals surface area contributed by atoms with Crippen LogP contribution in [0, 0.1) is 5.82 Å². The topological polar surface area (TPSA) is 93.8 Å². The van der Waals surface area contributed by atoms with Gasteiger partial charge in [0.2, 0.25) is 5.91 Å².